The number of aliphatic hydroxyl groups is 2. The first-order valence-corrected chi connectivity index (χ1v) is 3.94. The van der Waals surface area contributed by atoms with Crippen molar-refractivity contribution in [2.75, 3.05) is 0 Å². The highest BCUT2D eigenvalue weighted by atomic mass is 16.6. The largest absolute Gasteiger partial charge is 0.388 e. The fraction of sp³-hybridized carbons (Fsp3) is 1.00. The zero-order valence-corrected chi connectivity index (χ0v) is 7.29. The second kappa shape index (κ2) is 2.44. The third-order valence-corrected chi connectivity index (χ3v) is 2.05. The molecule has 0 radical (unpaired) electrons. The van der Waals surface area contributed by atoms with Crippen molar-refractivity contribution >= 4 is 0 Å². The maximum Gasteiger partial charge on any atom is 0.163 e. The Labute approximate surface area is 67.0 Å². The Hall–Kier alpha value is -0.120. The highest BCUT2D eigenvalue weighted by Gasteiger charge is 2.40. The molecule has 0 amide bonds. The number of rotatable bonds is 1. The van der Waals surface area contributed by atoms with Crippen LogP contribution < -0.4 is 0 Å². The van der Waals surface area contributed by atoms with Crippen LogP contribution in [-0.4, -0.2) is 27.7 Å². The van der Waals surface area contributed by atoms with Crippen molar-refractivity contribution < 1.29 is 14.9 Å². The third-order valence-electron chi connectivity index (χ3n) is 2.05. The summed E-state index contributed by atoms with van der Waals surface area (Å²) in [6, 6.07) is 0. The van der Waals surface area contributed by atoms with Gasteiger partial charge in [-0.15, -0.1) is 0 Å². The first-order valence-electron chi connectivity index (χ1n) is 3.94. The van der Waals surface area contributed by atoms with Crippen LogP contribution in [0.1, 0.15) is 33.6 Å². The molecule has 1 heterocycles. The molecule has 0 aliphatic carbocycles. The van der Waals surface area contributed by atoms with E-state index in [0.29, 0.717) is 6.42 Å². The quantitative estimate of drug-likeness (QED) is 0.592. The summed E-state index contributed by atoms with van der Waals surface area (Å²) in [6.45, 7) is 5.01. The maximum absolute atomic E-state index is 9.51. The lowest BCUT2D eigenvalue weighted by Crippen LogP contribution is -2.38. The Bertz CT molecular complexity index is 146. The minimum absolute atomic E-state index is 0.238. The van der Waals surface area contributed by atoms with E-state index in [0.717, 1.165) is 6.42 Å². The molecule has 2 N–H and O–H groups in total. The van der Waals surface area contributed by atoms with E-state index in [9.17, 15) is 10.2 Å². The van der Waals surface area contributed by atoms with Crippen LogP contribution >= 0.6 is 0 Å². The SMILES string of the molecule is CC1(O)CC[C@@H](C(C)(C)O)O1. The Morgan fingerprint density at radius 1 is 1.55 bits per heavy atom. The van der Waals surface area contributed by atoms with Gasteiger partial charge in [0.2, 0.25) is 0 Å². The van der Waals surface area contributed by atoms with Crippen LogP contribution in [0.25, 0.3) is 0 Å². The summed E-state index contributed by atoms with van der Waals surface area (Å²) in [6.07, 6.45) is 1.08. The van der Waals surface area contributed by atoms with Gasteiger partial charge in [-0.2, -0.15) is 0 Å². The molecule has 3 nitrogen and oxygen atoms in total. The van der Waals surface area contributed by atoms with Crippen molar-refractivity contribution in [1.29, 1.82) is 0 Å². The second-order valence-corrected chi connectivity index (χ2v) is 3.97. The highest BCUT2D eigenvalue weighted by molar-refractivity contribution is 4.86. The van der Waals surface area contributed by atoms with E-state index in [1.165, 1.54) is 0 Å². The van der Waals surface area contributed by atoms with Gasteiger partial charge in [0.1, 0.15) is 0 Å². The molecular formula is C8H16O3. The summed E-state index contributed by atoms with van der Waals surface area (Å²) >= 11 is 0. The van der Waals surface area contributed by atoms with Crippen LogP contribution in [0.5, 0.6) is 0 Å². The van der Waals surface area contributed by atoms with Crippen molar-refractivity contribution in [2.24, 2.45) is 0 Å². The molecular weight excluding hydrogens is 144 g/mol. The molecule has 2 atom stereocenters. The zero-order chi connectivity index (χ0) is 8.70. The van der Waals surface area contributed by atoms with Gasteiger partial charge in [0, 0.05) is 6.42 Å². The van der Waals surface area contributed by atoms with E-state index in [-0.39, 0.29) is 6.10 Å². The molecule has 1 saturated heterocycles. The molecule has 0 aromatic heterocycles. The van der Waals surface area contributed by atoms with Crippen molar-refractivity contribution in [2.45, 2.75) is 51.1 Å². The lowest BCUT2D eigenvalue weighted by molar-refractivity contribution is -0.209. The number of hydrogen-bond acceptors (Lipinski definition) is 3. The second-order valence-electron chi connectivity index (χ2n) is 3.97. The molecule has 1 unspecified atom stereocenters. The van der Waals surface area contributed by atoms with Gasteiger partial charge in [0.15, 0.2) is 5.79 Å². The Balaban J connectivity index is 2.55. The van der Waals surface area contributed by atoms with Gasteiger partial charge in [-0.1, -0.05) is 0 Å². The van der Waals surface area contributed by atoms with Crippen molar-refractivity contribution in [3.63, 3.8) is 0 Å². The van der Waals surface area contributed by atoms with E-state index in [4.69, 9.17) is 4.74 Å². The van der Waals surface area contributed by atoms with Crippen LogP contribution in [0.2, 0.25) is 0 Å². The predicted octanol–water partition coefficient (Wildman–Crippen LogP) is 0.645. The smallest absolute Gasteiger partial charge is 0.163 e. The van der Waals surface area contributed by atoms with Gasteiger partial charge in [-0.3, -0.25) is 0 Å². The summed E-state index contributed by atoms with van der Waals surface area (Å²) < 4.78 is 5.22. The van der Waals surface area contributed by atoms with E-state index in [1.807, 2.05) is 0 Å². The highest BCUT2D eigenvalue weighted by Crippen LogP contribution is 2.32. The molecule has 0 spiro atoms. The Morgan fingerprint density at radius 2 is 2.09 bits per heavy atom. The van der Waals surface area contributed by atoms with Crippen molar-refractivity contribution in [3.8, 4) is 0 Å². The van der Waals surface area contributed by atoms with E-state index in [2.05, 4.69) is 0 Å². The van der Waals surface area contributed by atoms with Crippen LogP contribution in [0.15, 0.2) is 0 Å². The molecule has 1 rings (SSSR count). The van der Waals surface area contributed by atoms with E-state index in [1.54, 1.807) is 20.8 Å². The number of hydrogen-bond donors (Lipinski definition) is 2. The van der Waals surface area contributed by atoms with E-state index < -0.39 is 11.4 Å². The lowest BCUT2D eigenvalue weighted by Gasteiger charge is -2.26. The summed E-state index contributed by atoms with van der Waals surface area (Å²) in [7, 11) is 0. The maximum atomic E-state index is 9.51. The van der Waals surface area contributed by atoms with Crippen molar-refractivity contribution in [3.05, 3.63) is 0 Å². The molecule has 0 aromatic carbocycles. The summed E-state index contributed by atoms with van der Waals surface area (Å²) in [5.74, 6) is -1.04. The van der Waals surface area contributed by atoms with Gasteiger partial charge < -0.3 is 14.9 Å². The predicted molar refractivity (Wildman–Crippen MR) is 41.0 cm³/mol. The molecule has 3 heteroatoms. The topological polar surface area (TPSA) is 49.7 Å². The molecule has 0 saturated carbocycles. The van der Waals surface area contributed by atoms with Crippen LogP contribution in [0.3, 0.4) is 0 Å². The molecule has 1 aliphatic rings. The van der Waals surface area contributed by atoms with Gasteiger partial charge in [-0.25, -0.2) is 0 Å². The number of ether oxygens (including phenoxy) is 1. The minimum atomic E-state index is -1.04. The average molecular weight is 160 g/mol. The van der Waals surface area contributed by atoms with Gasteiger partial charge in [0.25, 0.3) is 0 Å². The van der Waals surface area contributed by atoms with Crippen molar-refractivity contribution in [1.82, 2.24) is 0 Å². The van der Waals surface area contributed by atoms with E-state index >= 15 is 0 Å². The van der Waals surface area contributed by atoms with Gasteiger partial charge >= 0.3 is 0 Å². The Kier molecular flexibility index (Phi) is 1.99. The average Bonchev–Trinajstić information content (AvgIpc) is 2.07. The standard InChI is InChI=1S/C8H16O3/c1-7(2,9)6-4-5-8(3,10)11-6/h6,9-10H,4-5H2,1-3H3/t6-,8?/m0/s1. The molecule has 0 aromatic rings. The lowest BCUT2D eigenvalue weighted by atomic mass is 9.99. The van der Waals surface area contributed by atoms with Crippen LogP contribution in [-0.2, 0) is 4.74 Å². The summed E-state index contributed by atoms with van der Waals surface area (Å²) in [5, 5.41) is 18.9. The first kappa shape index (κ1) is 8.97. The summed E-state index contributed by atoms with van der Waals surface area (Å²) in [5.41, 5.74) is -0.847. The zero-order valence-electron chi connectivity index (χ0n) is 7.29. The normalized spacial score (nSPS) is 39.5. The molecule has 1 fully saturated rings. The summed E-state index contributed by atoms with van der Waals surface area (Å²) in [4.78, 5) is 0. The van der Waals surface area contributed by atoms with Gasteiger partial charge in [0.05, 0.1) is 11.7 Å². The fourth-order valence-corrected chi connectivity index (χ4v) is 1.32. The molecule has 1 aliphatic heterocycles. The Morgan fingerprint density at radius 3 is 2.27 bits per heavy atom. The minimum Gasteiger partial charge on any atom is -0.388 e. The third kappa shape index (κ3) is 2.15. The van der Waals surface area contributed by atoms with Gasteiger partial charge in [-0.05, 0) is 27.2 Å². The van der Waals surface area contributed by atoms with Crippen LogP contribution in [0, 0.1) is 0 Å². The monoisotopic (exact) mass is 160 g/mol. The molecule has 0 bridgehead atoms. The first-order chi connectivity index (χ1) is 4.81. The fourth-order valence-electron chi connectivity index (χ4n) is 1.32. The molecule has 66 valence electrons. The van der Waals surface area contributed by atoms with Crippen LogP contribution in [0.4, 0.5) is 0 Å². The molecule has 11 heavy (non-hydrogen) atoms.